The number of methoxy groups -OCH3 is 1. The lowest BCUT2D eigenvalue weighted by Crippen LogP contribution is -2.35. The second-order valence-corrected chi connectivity index (χ2v) is 7.77. The number of nitrogens with one attached hydrogen (secondary N) is 1. The number of ether oxygens (including phenoxy) is 1. The van der Waals surface area contributed by atoms with Gasteiger partial charge in [-0.15, -0.1) is 0 Å². The summed E-state index contributed by atoms with van der Waals surface area (Å²) in [6.45, 7) is 4.07. The normalized spacial score (nSPS) is 16.1. The first kappa shape index (κ1) is 17.8. The number of fused-ring (bicyclic) bond motifs is 1. The summed E-state index contributed by atoms with van der Waals surface area (Å²) in [5.41, 5.74) is 4.30. The Balaban J connectivity index is 1.89. The van der Waals surface area contributed by atoms with E-state index in [4.69, 9.17) is 4.74 Å². The summed E-state index contributed by atoms with van der Waals surface area (Å²) in [6, 6.07) is 15.7. The van der Waals surface area contributed by atoms with Gasteiger partial charge in [0.1, 0.15) is 11.4 Å². The van der Waals surface area contributed by atoms with Gasteiger partial charge in [0.25, 0.3) is 5.91 Å². The second kappa shape index (κ2) is 6.85. The Kier molecular flexibility index (Phi) is 4.52. The van der Waals surface area contributed by atoms with Crippen LogP contribution in [0.3, 0.4) is 0 Å². The molecule has 1 N–H and O–H groups in total. The van der Waals surface area contributed by atoms with Gasteiger partial charge in [0.05, 0.1) is 18.8 Å². The fourth-order valence-corrected chi connectivity index (χ4v) is 4.09. The van der Waals surface area contributed by atoms with E-state index >= 15 is 0 Å². The third-order valence-corrected chi connectivity index (χ3v) is 5.38. The molecular formula is C21H20BrN3O2. The van der Waals surface area contributed by atoms with Crippen LogP contribution in [0.1, 0.15) is 41.5 Å². The largest absolute Gasteiger partial charge is 0.497 e. The summed E-state index contributed by atoms with van der Waals surface area (Å²) in [5, 5.41) is 7.46. The maximum Gasteiger partial charge on any atom is 0.273 e. The molecule has 1 aromatic heterocycles. The van der Waals surface area contributed by atoms with Crippen molar-refractivity contribution in [1.29, 1.82) is 0 Å². The van der Waals surface area contributed by atoms with Gasteiger partial charge in [-0.25, -0.2) is 0 Å². The lowest BCUT2D eigenvalue weighted by molar-refractivity contribution is 0.0688. The maximum absolute atomic E-state index is 13.1. The minimum atomic E-state index is -0.180. The van der Waals surface area contributed by atoms with Crippen molar-refractivity contribution in [2.24, 2.45) is 0 Å². The average molecular weight is 426 g/mol. The summed E-state index contributed by atoms with van der Waals surface area (Å²) in [7, 11) is 1.64. The van der Waals surface area contributed by atoms with Gasteiger partial charge in [-0.2, -0.15) is 5.10 Å². The molecule has 138 valence electrons. The first-order valence-corrected chi connectivity index (χ1v) is 9.61. The van der Waals surface area contributed by atoms with Crippen molar-refractivity contribution in [2.75, 3.05) is 7.11 Å². The highest BCUT2D eigenvalue weighted by Crippen LogP contribution is 2.44. The van der Waals surface area contributed by atoms with Gasteiger partial charge in [-0.1, -0.05) is 28.1 Å². The molecule has 1 unspecified atom stereocenters. The van der Waals surface area contributed by atoms with Crippen LogP contribution in [-0.2, 0) is 0 Å². The molecule has 4 rings (SSSR count). The summed E-state index contributed by atoms with van der Waals surface area (Å²) in [6.07, 6.45) is 0. The molecule has 1 atom stereocenters. The summed E-state index contributed by atoms with van der Waals surface area (Å²) < 4.78 is 6.24. The maximum atomic E-state index is 13.1. The fourth-order valence-electron chi connectivity index (χ4n) is 3.67. The third-order valence-electron chi connectivity index (χ3n) is 4.89. The SMILES string of the molecule is COc1ccc(-c2n[nH]c3c2C(c2cccc(Br)c2)N(C(C)C)C3=O)cc1. The lowest BCUT2D eigenvalue weighted by atomic mass is 9.95. The highest BCUT2D eigenvalue weighted by atomic mass is 79.9. The number of carbonyl (C=O) groups is 1. The number of hydrogen-bond donors (Lipinski definition) is 1. The van der Waals surface area contributed by atoms with Crippen molar-refractivity contribution in [2.45, 2.75) is 25.9 Å². The van der Waals surface area contributed by atoms with E-state index in [1.807, 2.05) is 55.1 Å². The summed E-state index contributed by atoms with van der Waals surface area (Å²) >= 11 is 3.55. The van der Waals surface area contributed by atoms with E-state index < -0.39 is 0 Å². The molecule has 5 nitrogen and oxygen atoms in total. The average Bonchev–Trinajstić information content (AvgIpc) is 3.21. The zero-order valence-electron chi connectivity index (χ0n) is 15.4. The number of benzene rings is 2. The van der Waals surface area contributed by atoms with Crippen LogP contribution < -0.4 is 4.74 Å². The van der Waals surface area contributed by atoms with Crippen LogP contribution in [0.4, 0.5) is 0 Å². The number of amides is 1. The molecule has 0 bridgehead atoms. The zero-order valence-corrected chi connectivity index (χ0v) is 16.9. The van der Waals surface area contributed by atoms with Crippen LogP contribution in [0.25, 0.3) is 11.3 Å². The second-order valence-electron chi connectivity index (χ2n) is 6.85. The van der Waals surface area contributed by atoms with E-state index in [1.165, 1.54) is 0 Å². The van der Waals surface area contributed by atoms with E-state index in [0.29, 0.717) is 5.69 Å². The van der Waals surface area contributed by atoms with E-state index in [9.17, 15) is 4.79 Å². The molecule has 0 radical (unpaired) electrons. The summed E-state index contributed by atoms with van der Waals surface area (Å²) in [5.74, 6) is 0.770. The monoisotopic (exact) mass is 425 g/mol. The smallest absolute Gasteiger partial charge is 0.273 e. The van der Waals surface area contributed by atoms with Crippen LogP contribution in [0.15, 0.2) is 53.0 Å². The van der Waals surface area contributed by atoms with Crippen molar-refractivity contribution in [1.82, 2.24) is 15.1 Å². The molecule has 3 aromatic rings. The van der Waals surface area contributed by atoms with Crippen LogP contribution in [-0.4, -0.2) is 34.2 Å². The third kappa shape index (κ3) is 2.94. The van der Waals surface area contributed by atoms with Gasteiger partial charge in [-0.05, 0) is 55.8 Å². The van der Waals surface area contributed by atoms with Crippen LogP contribution >= 0.6 is 15.9 Å². The molecule has 0 spiro atoms. The molecule has 6 heteroatoms. The van der Waals surface area contributed by atoms with Crippen LogP contribution in [0, 0.1) is 0 Å². The Morgan fingerprint density at radius 3 is 2.56 bits per heavy atom. The zero-order chi connectivity index (χ0) is 19.1. The molecular weight excluding hydrogens is 406 g/mol. The van der Waals surface area contributed by atoms with E-state index in [-0.39, 0.29) is 18.0 Å². The number of nitrogens with zero attached hydrogens (tertiary/aromatic N) is 2. The standard InChI is InChI=1S/C21H20BrN3O2/c1-12(2)25-20(14-5-4-6-15(22)11-14)17-18(23-24-19(17)21(25)26)13-7-9-16(27-3)10-8-13/h4-12,20H,1-3H3,(H,23,24). The first-order valence-electron chi connectivity index (χ1n) is 8.82. The highest BCUT2D eigenvalue weighted by molar-refractivity contribution is 9.10. The Hall–Kier alpha value is -2.60. The van der Waals surface area contributed by atoms with Gasteiger partial charge in [0.2, 0.25) is 0 Å². The van der Waals surface area contributed by atoms with Crippen molar-refractivity contribution in [3.8, 4) is 17.0 Å². The molecule has 0 aliphatic carbocycles. The first-order chi connectivity index (χ1) is 13.0. The van der Waals surface area contributed by atoms with Gasteiger partial charge < -0.3 is 9.64 Å². The topological polar surface area (TPSA) is 58.2 Å². The van der Waals surface area contributed by atoms with Crippen molar-refractivity contribution >= 4 is 21.8 Å². The molecule has 27 heavy (non-hydrogen) atoms. The van der Waals surface area contributed by atoms with Crippen molar-refractivity contribution < 1.29 is 9.53 Å². The molecule has 2 aromatic carbocycles. The number of rotatable bonds is 4. The Morgan fingerprint density at radius 1 is 1.19 bits per heavy atom. The predicted molar refractivity (Wildman–Crippen MR) is 108 cm³/mol. The number of hydrogen-bond acceptors (Lipinski definition) is 3. The van der Waals surface area contributed by atoms with Gasteiger partial charge in [0.15, 0.2) is 0 Å². The Labute approximate surface area is 166 Å². The summed E-state index contributed by atoms with van der Waals surface area (Å²) in [4.78, 5) is 15.0. The van der Waals surface area contributed by atoms with E-state index in [0.717, 1.165) is 32.6 Å². The lowest BCUT2D eigenvalue weighted by Gasteiger charge is -2.30. The van der Waals surface area contributed by atoms with Crippen LogP contribution in [0.5, 0.6) is 5.75 Å². The quantitative estimate of drug-likeness (QED) is 0.652. The molecule has 1 aliphatic heterocycles. The minimum absolute atomic E-state index is 0.0164. The van der Waals surface area contributed by atoms with Crippen molar-refractivity contribution in [3.05, 3.63) is 69.8 Å². The molecule has 1 amide bonds. The fraction of sp³-hybridized carbons (Fsp3) is 0.238. The van der Waals surface area contributed by atoms with Gasteiger partial charge >= 0.3 is 0 Å². The molecule has 0 saturated heterocycles. The van der Waals surface area contributed by atoms with Crippen molar-refractivity contribution in [3.63, 3.8) is 0 Å². The Bertz CT molecular complexity index is 995. The minimum Gasteiger partial charge on any atom is -0.497 e. The number of halogens is 1. The Morgan fingerprint density at radius 2 is 1.93 bits per heavy atom. The van der Waals surface area contributed by atoms with Crippen LogP contribution in [0.2, 0.25) is 0 Å². The molecule has 2 heterocycles. The van der Waals surface area contributed by atoms with E-state index in [2.05, 4.69) is 38.3 Å². The molecule has 0 fully saturated rings. The molecule has 0 saturated carbocycles. The van der Waals surface area contributed by atoms with Gasteiger partial charge in [0, 0.05) is 21.6 Å². The number of carbonyl (C=O) groups excluding carboxylic acids is 1. The number of H-pyrrole nitrogens is 1. The molecule has 1 aliphatic rings. The van der Waals surface area contributed by atoms with E-state index in [1.54, 1.807) is 7.11 Å². The number of aromatic amines is 1. The predicted octanol–water partition coefficient (Wildman–Crippen LogP) is 4.80. The highest BCUT2D eigenvalue weighted by Gasteiger charge is 2.43. The number of aromatic nitrogens is 2. The van der Waals surface area contributed by atoms with Gasteiger partial charge in [-0.3, -0.25) is 9.89 Å².